The second kappa shape index (κ2) is 2.13. The van der Waals surface area contributed by atoms with Crippen molar-refractivity contribution in [2.45, 2.75) is 13.8 Å². The summed E-state index contributed by atoms with van der Waals surface area (Å²) < 4.78 is 12.7. The minimum Gasteiger partial charge on any atom is -0.264 e. The highest BCUT2D eigenvalue weighted by molar-refractivity contribution is 5.17. The van der Waals surface area contributed by atoms with Gasteiger partial charge in [-0.2, -0.15) is 0 Å². The molecule has 0 unspecified atom stereocenters. The van der Waals surface area contributed by atoms with Gasteiger partial charge in [-0.05, 0) is 13.8 Å². The molecule has 0 spiro atoms. The largest absolute Gasteiger partial charge is 0.264 e. The van der Waals surface area contributed by atoms with Gasteiger partial charge >= 0.3 is 0 Å². The van der Waals surface area contributed by atoms with Crippen molar-refractivity contribution in [3.8, 4) is 0 Å². The predicted molar refractivity (Wildman–Crippen MR) is 33.7 cm³/mol. The first-order chi connectivity index (χ1) is 4.22. The molecule has 0 bridgehead atoms. The van der Waals surface area contributed by atoms with E-state index in [9.17, 15) is 4.39 Å². The first-order valence-electron chi connectivity index (χ1n) is 2.78. The number of halogens is 1. The Balaban J connectivity index is 3.25. The van der Waals surface area contributed by atoms with Crippen molar-refractivity contribution in [1.29, 1.82) is 0 Å². The molecule has 1 rings (SSSR count). The van der Waals surface area contributed by atoms with Gasteiger partial charge in [0.15, 0.2) is 0 Å². The Morgan fingerprint density at radius 3 is 2.00 bits per heavy atom. The van der Waals surface area contributed by atoms with Crippen LogP contribution in [0.2, 0.25) is 0 Å². The molecule has 9 heavy (non-hydrogen) atoms. The molecule has 0 radical (unpaired) electrons. The molecule has 0 aliphatic carbocycles. The van der Waals surface area contributed by atoms with Crippen LogP contribution in [-0.4, -0.2) is 4.98 Å². The zero-order valence-electron chi connectivity index (χ0n) is 5.48. The van der Waals surface area contributed by atoms with Gasteiger partial charge in [-0.15, -0.1) is 0 Å². The molecule has 48 valence electrons. The summed E-state index contributed by atoms with van der Waals surface area (Å²) in [7, 11) is 0. The summed E-state index contributed by atoms with van der Waals surface area (Å²) in [4.78, 5) is 3.80. The number of nitrogens with zero attached hydrogens (tertiary/aromatic N) is 1. The number of aryl methyl sites for hydroxylation is 2. The van der Waals surface area contributed by atoms with Crippen LogP contribution in [0.5, 0.6) is 0 Å². The zero-order valence-corrected chi connectivity index (χ0v) is 5.48. The van der Waals surface area contributed by atoms with E-state index < -0.39 is 0 Å². The number of hydrogen-bond donors (Lipinski definition) is 0. The van der Waals surface area contributed by atoms with Gasteiger partial charge in [0, 0.05) is 23.5 Å². The van der Waals surface area contributed by atoms with Gasteiger partial charge in [0.25, 0.3) is 0 Å². The molecule has 0 atom stereocenters. The fourth-order valence-electron chi connectivity index (χ4n) is 0.685. The molecule has 2 heteroatoms. The van der Waals surface area contributed by atoms with Gasteiger partial charge in [-0.25, -0.2) is 4.39 Å². The number of aromatic nitrogens is 1. The maximum absolute atomic E-state index is 12.7. The Bertz CT molecular complexity index is 200. The lowest BCUT2D eigenvalue weighted by Crippen LogP contribution is -1.87. The Hall–Kier alpha value is -0.920. The number of rotatable bonds is 0. The molecular formula is C7H8FN. The quantitative estimate of drug-likeness (QED) is 0.515. The monoisotopic (exact) mass is 125 g/mol. The van der Waals surface area contributed by atoms with Gasteiger partial charge in [-0.3, -0.25) is 4.98 Å². The molecule has 0 amide bonds. The minimum atomic E-state index is -0.148. The van der Waals surface area contributed by atoms with Gasteiger partial charge < -0.3 is 0 Å². The van der Waals surface area contributed by atoms with Gasteiger partial charge in [-0.1, -0.05) is 0 Å². The molecule has 1 nitrogen and oxygen atoms in total. The maximum atomic E-state index is 12.7. The third-order valence-corrected chi connectivity index (χ3v) is 1.23. The lowest BCUT2D eigenvalue weighted by molar-refractivity contribution is 0.606. The summed E-state index contributed by atoms with van der Waals surface area (Å²) in [5.74, 6) is -0.148. The van der Waals surface area contributed by atoms with Gasteiger partial charge in [0.2, 0.25) is 0 Å². The van der Waals surface area contributed by atoms with Crippen molar-refractivity contribution in [2.24, 2.45) is 0 Å². The molecule has 0 fully saturated rings. The van der Waals surface area contributed by atoms with Crippen molar-refractivity contribution in [3.05, 3.63) is 29.3 Å². The number of pyridine rings is 1. The van der Waals surface area contributed by atoms with Crippen molar-refractivity contribution >= 4 is 0 Å². The first-order valence-corrected chi connectivity index (χ1v) is 2.78. The molecule has 0 saturated carbocycles. The molecule has 1 heterocycles. The average Bonchev–Trinajstić information content (AvgIpc) is 1.83. The Kier molecular flexibility index (Phi) is 1.47. The Labute approximate surface area is 53.5 Å². The van der Waals surface area contributed by atoms with Crippen LogP contribution in [0.3, 0.4) is 0 Å². The summed E-state index contributed by atoms with van der Waals surface area (Å²) >= 11 is 0. The smallest absolute Gasteiger partial charge is 0.132 e. The SMILES string of the molecule is Cc1cncc(C)c1F. The van der Waals surface area contributed by atoms with Crippen LogP contribution in [0.1, 0.15) is 11.1 Å². The lowest BCUT2D eigenvalue weighted by Gasteiger charge is -1.95. The third kappa shape index (κ3) is 1.07. The second-order valence-corrected chi connectivity index (χ2v) is 2.09. The fourth-order valence-corrected chi connectivity index (χ4v) is 0.685. The van der Waals surface area contributed by atoms with E-state index in [-0.39, 0.29) is 5.82 Å². The van der Waals surface area contributed by atoms with E-state index in [4.69, 9.17) is 0 Å². The second-order valence-electron chi connectivity index (χ2n) is 2.09. The van der Waals surface area contributed by atoms with E-state index in [0.717, 1.165) is 0 Å². The molecule has 1 aromatic heterocycles. The van der Waals surface area contributed by atoms with Crippen molar-refractivity contribution < 1.29 is 4.39 Å². The molecule has 0 saturated heterocycles. The highest BCUT2D eigenvalue weighted by Crippen LogP contribution is 2.06. The lowest BCUT2D eigenvalue weighted by atomic mass is 10.2. The average molecular weight is 125 g/mol. The number of hydrogen-bond acceptors (Lipinski definition) is 1. The molecule has 0 aliphatic heterocycles. The highest BCUT2D eigenvalue weighted by atomic mass is 19.1. The Morgan fingerprint density at radius 1 is 1.22 bits per heavy atom. The maximum Gasteiger partial charge on any atom is 0.132 e. The van der Waals surface area contributed by atoms with E-state index in [1.54, 1.807) is 13.8 Å². The molecule has 0 aliphatic rings. The zero-order chi connectivity index (χ0) is 6.85. The normalized spacial score (nSPS) is 9.67. The molecular weight excluding hydrogens is 117 g/mol. The Morgan fingerprint density at radius 2 is 1.67 bits per heavy atom. The third-order valence-electron chi connectivity index (χ3n) is 1.23. The summed E-state index contributed by atoms with van der Waals surface area (Å²) in [6.07, 6.45) is 3.03. The molecule has 0 N–H and O–H groups in total. The van der Waals surface area contributed by atoms with Crippen molar-refractivity contribution in [2.75, 3.05) is 0 Å². The highest BCUT2D eigenvalue weighted by Gasteiger charge is 1.97. The minimum absolute atomic E-state index is 0.148. The summed E-state index contributed by atoms with van der Waals surface area (Å²) in [5.41, 5.74) is 1.21. The van der Waals surface area contributed by atoms with E-state index in [0.29, 0.717) is 11.1 Å². The standard InChI is InChI=1S/C7H8FN/c1-5-3-9-4-6(2)7(5)8/h3-4H,1-2H3. The van der Waals surface area contributed by atoms with E-state index in [1.807, 2.05) is 0 Å². The van der Waals surface area contributed by atoms with E-state index in [1.165, 1.54) is 12.4 Å². The molecule has 0 aromatic carbocycles. The van der Waals surface area contributed by atoms with Crippen molar-refractivity contribution in [3.63, 3.8) is 0 Å². The van der Waals surface area contributed by atoms with Crippen LogP contribution in [0.4, 0.5) is 4.39 Å². The topological polar surface area (TPSA) is 12.9 Å². The molecule has 1 aromatic rings. The predicted octanol–water partition coefficient (Wildman–Crippen LogP) is 1.84. The van der Waals surface area contributed by atoms with Crippen LogP contribution in [-0.2, 0) is 0 Å². The van der Waals surface area contributed by atoms with E-state index >= 15 is 0 Å². The van der Waals surface area contributed by atoms with Crippen LogP contribution in [0.25, 0.3) is 0 Å². The van der Waals surface area contributed by atoms with Gasteiger partial charge in [0.05, 0.1) is 0 Å². The summed E-state index contributed by atoms with van der Waals surface area (Å²) in [6, 6.07) is 0. The first kappa shape index (κ1) is 6.20. The summed E-state index contributed by atoms with van der Waals surface area (Å²) in [5, 5.41) is 0. The van der Waals surface area contributed by atoms with E-state index in [2.05, 4.69) is 4.98 Å². The van der Waals surface area contributed by atoms with Crippen LogP contribution in [0.15, 0.2) is 12.4 Å². The van der Waals surface area contributed by atoms with Crippen LogP contribution >= 0.6 is 0 Å². The van der Waals surface area contributed by atoms with Crippen LogP contribution in [0, 0.1) is 19.7 Å². The summed E-state index contributed by atoms with van der Waals surface area (Å²) in [6.45, 7) is 3.41. The van der Waals surface area contributed by atoms with Crippen molar-refractivity contribution in [1.82, 2.24) is 4.98 Å². The fraction of sp³-hybridized carbons (Fsp3) is 0.286. The van der Waals surface area contributed by atoms with Crippen LogP contribution < -0.4 is 0 Å². The van der Waals surface area contributed by atoms with Gasteiger partial charge in [0.1, 0.15) is 5.82 Å².